The first-order chi connectivity index (χ1) is 9.63. The van der Waals surface area contributed by atoms with E-state index in [-0.39, 0.29) is 5.54 Å². The maximum Gasteiger partial charge on any atom is 0.226 e. The van der Waals surface area contributed by atoms with Crippen LogP contribution in [0.5, 0.6) is 0 Å². The Morgan fingerprint density at radius 3 is 2.38 bits per heavy atom. The standard InChI is InChI=1S/C19H33NO/c1-14(2)8-7-11-19(6)12-16(19)13-20(18(3,4)5)17(21)15-9-10-15/h8,15-16H,7,9-13H2,1-6H3. The monoisotopic (exact) mass is 291 g/mol. The van der Waals surface area contributed by atoms with Gasteiger partial charge in [0.15, 0.2) is 0 Å². The van der Waals surface area contributed by atoms with Crippen molar-refractivity contribution >= 4 is 5.91 Å². The average molecular weight is 291 g/mol. The predicted molar refractivity (Wildman–Crippen MR) is 89.1 cm³/mol. The molecule has 2 fully saturated rings. The van der Waals surface area contributed by atoms with Crippen molar-refractivity contribution in [3.05, 3.63) is 11.6 Å². The van der Waals surface area contributed by atoms with Gasteiger partial charge in [-0.2, -0.15) is 0 Å². The SMILES string of the molecule is CC(C)=CCCC1(C)CC1CN(C(=O)C1CC1)C(C)(C)C. The molecule has 2 aliphatic carbocycles. The van der Waals surface area contributed by atoms with E-state index in [9.17, 15) is 4.79 Å². The third kappa shape index (κ3) is 4.34. The zero-order valence-corrected chi connectivity index (χ0v) is 14.8. The largest absolute Gasteiger partial charge is 0.337 e. The number of amides is 1. The van der Waals surface area contributed by atoms with Crippen molar-refractivity contribution in [1.29, 1.82) is 0 Å². The summed E-state index contributed by atoms with van der Waals surface area (Å²) in [5.41, 5.74) is 1.83. The molecule has 21 heavy (non-hydrogen) atoms. The lowest BCUT2D eigenvalue weighted by molar-refractivity contribution is -0.137. The van der Waals surface area contributed by atoms with Crippen molar-refractivity contribution in [1.82, 2.24) is 4.90 Å². The van der Waals surface area contributed by atoms with E-state index in [1.54, 1.807) is 0 Å². The van der Waals surface area contributed by atoms with Crippen LogP contribution in [0.1, 0.15) is 73.6 Å². The summed E-state index contributed by atoms with van der Waals surface area (Å²) in [6, 6.07) is 0. The molecule has 0 aliphatic heterocycles. The van der Waals surface area contributed by atoms with Gasteiger partial charge in [0.2, 0.25) is 5.91 Å². The predicted octanol–water partition coefficient (Wildman–Crippen LogP) is 4.80. The van der Waals surface area contributed by atoms with Gasteiger partial charge in [0.1, 0.15) is 0 Å². The number of nitrogens with zero attached hydrogens (tertiary/aromatic N) is 1. The molecule has 2 aliphatic rings. The first kappa shape index (κ1) is 16.6. The number of carbonyl (C=O) groups excluding carboxylic acids is 1. The Morgan fingerprint density at radius 2 is 1.90 bits per heavy atom. The van der Waals surface area contributed by atoms with Crippen LogP contribution in [-0.2, 0) is 4.79 Å². The van der Waals surface area contributed by atoms with Crippen molar-refractivity contribution in [3.8, 4) is 0 Å². The number of carbonyl (C=O) groups is 1. The fourth-order valence-corrected chi connectivity index (χ4v) is 3.25. The van der Waals surface area contributed by atoms with Gasteiger partial charge in [-0.05, 0) is 78.1 Å². The van der Waals surface area contributed by atoms with Gasteiger partial charge in [-0.1, -0.05) is 18.6 Å². The Kier molecular flexibility index (Phi) is 4.56. The van der Waals surface area contributed by atoms with Gasteiger partial charge in [0, 0.05) is 18.0 Å². The van der Waals surface area contributed by atoms with Crippen LogP contribution in [-0.4, -0.2) is 22.9 Å². The van der Waals surface area contributed by atoms with Gasteiger partial charge in [-0.3, -0.25) is 4.79 Å². The van der Waals surface area contributed by atoms with E-state index in [1.807, 2.05) is 0 Å². The highest BCUT2D eigenvalue weighted by molar-refractivity contribution is 5.81. The van der Waals surface area contributed by atoms with Crippen molar-refractivity contribution in [3.63, 3.8) is 0 Å². The fourth-order valence-electron chi connectivity index (χ4n) is 3.25. The van der Waals surface area contributed by atoms with Gasteiger partial charge in [-0.15, -0.1) is 0 Å². The maximum atomic E-state index is 12.5. The van der Waals surface area contributed by atoms with E-state index in [1.165, 1.54) is 24.8 Å². The van der Waals surface area contributed by atoms with E-state index in [4.69, 9.17) is 0 Å². The lowest BCUT2D eigenvalue weighted by atomic mass is 9.97. The minimum absolute atomic E-state index is 0.0386. The summed E-state index contributed by atoms with van der Waals surface area (Å²) < 4.78 is 0. The topological polar surface area (TPSA) is 20.3 Å². The smallest absolute Gasteiger partial charge is 0.226 e. The van der Waals surface area contributed by atoms with Crippen molar-refractivity contribution < 1.29 is 4.79 Å². The van der Waals surface area contributed by atoms with Crippen LogP contribution in [0.2, 0.25) is 0 Å². The highest BCUT2D eigenvalue weighted by Crippen LogP contribution is 2.56. The second kappa shape index (κ2) is 5.78. The first-order valence-corrected chi connectivity index (χ1v) is 8.58. The summed E-state index contributed by atoms with van der Waals surface area (Å²) in [6.45, 7) is 14.2. The Bertz CT molecular complexity index is 423. The molecule has 0 aromatic carbocycles. The van der Waals surface area contributed by atoms with Crippen molar-refractivity contribution in [2.75, 3.05) is 6.54 Å². The van der Waals surface area contributed by atoms with Gasteiger partial charge in [0.25, 0.3) is 0 Å². The molecule has 2 atom stereocenters. The molecule has 0 heterocycles. The molecule has 0 bridgehead atoms. The number of hydrogen-bond acceptors (Lipinski definition) is 1. The molecule has 0 radical (unpaired) electrons. The molecule has 120 valence electrons. The van der Waals surface area contributed by atoms with Crippen LogP contribution in [0, 0.1) is 17.3 Å². The second-order valence-corrected chi connectivity index (χ2v) is 8.77. The van der Waals surface area contributed by atoms with Gasteiger partial charge < -0.3 is 4.90 Å². The molecule has 0 aromatic heterocycles. The molecule has 0 saturated heterocycles. The summed E-state index contributed by atoms with van der Waals surface area (Å²) in [7, 11) is 0. The number of allylic oxidation sites excluding steroid dienone is 2. The van der Waals surface area contributed by atoms with E-state index in [0.717, 1.165) is 19.4 Å². The van der Waals surface area contributed by atoms with Gasteiger partial charge >= 0.3 is 0 Å². The molecule has 0 N–H and O–H groups in total. The minimum Gasteiger partial charge on any atom is -0.337 e. The zero-order valence-electron chi connectivity index (χ0n) is 14.8. The summed E-state index contributed by atoms with van der Waals surface area (Å²) >= 11 is 0. The highest BCUT2D eigenvalue weighted by atomic mass is 16.2. The van der Waals surface area contributed by atoms with E-state index in [2.05, 4.69) is 52.5 Å². The normalized spacial score (nSPS) is 28.2. The number of hydrogen-bond donors (Lipinski definition) is 0. The second-order valence-electron chi connectivity index (χ2n) is 8.77. The number of rotatable bonds is 6. The van der Waals surface area contributed by atoms with Gasteiger partial charge in [0.05, 0.1) is 0 Å². The van der Waals surface area contributed by atoms with Crippen molar-refractivity contribution in [2.24, 2.45) is 17.3 Å². The van der Waals surface area contributed by atoms with E-state index in [0.29, 0.717) is 23.2 Å². The molecule has 2 heteroatoms. The lowest BCUT2D eigenvalue weighted by Gasteiger charge is -2.36. The van der Waals surface area contributed by atoms with Crippen LogP contribution >= 0.6 is 0 Å². The third-order valence-corrected chi connectivity index (χ3v) is 5.21. The van der Waals surface area contributed by atoms with Crippen LogP contribution in [0.15, 0.2) is 11.6 Å². The zero-order chi connectivity index (χ0) is 15.8. The summed E-state index contributed by atoms with van der Waals surface area (Å²) in [6.07, 6.45) is 8.29. The molecule has 2 rings (SSSR count). The van der Waals surface area contributed by atoms with Crippen molar-refractivity contribution in [2.45, 2.75) is 79.2 Å². The van der Waals surface area contributed by atoms with Gasteiger partial charge in [-0.25, -0.2) is 0 Å². The fraction of sp³-hybridized carbons (Fsp3) is 0.842. The summed E-state index contributed by atoms with van der Waals surface area (Å²) in [5.74, 6) is 1.44. The highest BCUT2D eigenvalue weighted by Gasteiger charge is 2.51. The summed E-state index contributed by atoms with van der Waals surface area (Å²) in [4.78, 5) is 14.7. The Hall–Kier alpha value is -0.790. The van der Waals surface area contributed by atoms with Crippen LogP contribution in [0.25, 0.3) is 0 Å². The molecular weight excluding hydrogens is 258 g/mol. The average Bonchev–Trinajstić information content (AvgIpc) is 3.20. The quantitative estimate of drug-likeness (QED) is 0.644. The lowest BCUT2D eigenvalue weighted by Crippen LogP contribution is -2.47. The molecule has 1 amide bonds. The third-order valence-electron chi connectivity index (χ3n) is 5.21. The minimum atomic E-state index is -0.0386. The molecule has 2 saturated carbocycles. The maximum absolute atomic E-state index is 12.5. The van der Waals surface area contributed by atoms with Crippen LogP contribution < -0.4 is 0 Å². The molecule has 2 unspecified atom stereocenters. The van der Waals surface area contributed by atoms with Crippen LogP contribution in [0.3, 0.4) is 0 Å². The molecule has 2 nitrogen and oxygen atoms in total. The van der Waals surface area contributed by atoms with E-state index < -0.39 is 0 Å². The Balaban J connectivity index is 1.90. The van der Waals surface area contributed by atoms with E-state index >= 15 is 0 Å². The Labute approximate surface area is 131 Å². The Morgan fingerprint density at radius 1 is 1.29 bits per heavy atom. The molecule has 0 aromatic rings. The first-order valence-electron chi connectivity index (χ1n) is 8.58. The van der Waals surface area contributed by atoms with Crippen LogP contribution in [0.4, 0.5) is 0 Å². The summed E-state index contributed by atoms with van der Waals surface area (Å²) in [5, 5.41) is 0. The molecule has 0 spiro atoms. The molecular formula is C19H33NO.